The third kappa shape index (κ3) is 2.97. The predicted molar refractivity (Wildman–Crippen MR) is 130 cm³/mol. The van der Waals surface area contributed by atoms with Crippen LogP contribution in [0.1, 0.15) is 5.69 Å². The smallest absolute Gasteiger partial charge is 0.141 e. The van der Waals surface area contributed by atoms with Crippen LogP contribution in [0.15, 0.2) is 97.2 Å². The van der Waals surface area contributed by atoms with Gasteiger partial charge in [0.05, 0.1) is 0 Å². The quantitative estimate of drug-likeness (QED) is 0.291. The fraction of sp³-hybridized carbons (Fsp3) is 0. The molecule has 3 heteroatoms. The molecule has 31 heavy (non-hydrogen) atoms. The summed E-state index contributed by atoms with van der Waals surface area (Å²) in [5.74, 6) is 0. The maximum atomic E-state index is 9.10. The van der Waals surface area contributed by atoms with E-state index in [1.807, 2.05) is 23.5 Å². The number of thiophene rings is 1. The first-order valence-electron chi connectivity index (χ1n) is 10.1. The van der Waals surface area contributed by atoms with Gasteiger partial charge in [-0.3, -0.25) is 0 Å². The predicted octanol–water partition coefficient (Wildman–Crippen LogP) is 7.81. The van der Waals surface area contributed by atoms with Crippen molar-refractivity contribution in [2.24, 2.45) is 0 Å². The molecule has 2 heterocycles. The molecule has 0 aliphatic carbocycles. The van der Waals surface area contributed by atoms with Crippen LogP contribution in [0.3, 0.4) is 0 Å². The van der Waals surface area contributed by atoms with Gasteiger partial charge in [0.1, 0.15) is 11.8 Å². The number of nitriles is 1. The Balaban J connectivity index is 1.48. The van der Waals surface area contributed by atoms with Crippen LogP contribution in [-0.2, 0) is 0 Å². The zero-order valence-electron chi connectivity index (χ0n) is 16.5. The summed E-state index contributed by atoms with van der Waals surface area (Å²) in [4.78, 5) is 4.06. The SMILES string of the molecule is N#Cc1cc(-c2ccc(-c3ccc4sc5ccc6ccccc6c5c4c3)cc2)ccn1. The van der Waals surface area contributed by atoms with Crippen molar-refractivity contribution < 1.29 is 0 Å². The molecule has 0 radical (unpaired) electrons. The maximum Gasteiger partial charge on any atom is 0.141 e. The normalized spacial score (nSPS) is 11.2. The zero-order valence-corrected chi connectivity index (χ0v) is 17.4. The van der Waals surface area contributed by atoms with Gasteiger partial charge >= 0.3 is 0 Å². The van der Waals surface area contributed by atoms with Crippen molar-refractivity contribution in [2.45, 2.75) is 0 Å². The molecule has 6 aromatic rings. The molecule has 0 aliphatic heterocycles. The highest BCUT2D eigenvalue weighted by atomic mass is 32.1. The van der Waals surface area contributed by atoms with Crippen LogP contribution < -0.4 is 0 Å². The number of nitrogens with zero attached hydrogens (tertiary/aromatic N) is 2. The molecule has 0 atom stereocenters. The summed E-state index contributed by atoms with van der Waals surface area (Å²) in [5.41, 5.74) is 4.90. The summed E-state index contributed by atoms with van der Waals surface area (Å²) in [5, 5.41) is 14.3. The van der Waals surface area contributed by atoms with Gasteiger partial charge in [0, 0.05) is 26.4 Å². The van der Waals surface area contributed by atoms with Crippen molar-refractivity contribution in [2.75, 3.05) is 0 Å². The molecule has 6 rings (SSSR count). The Kier molecular flexibility index (Phi) is 4.06. The van der Waals surface area contributed by atoms with E-state index < -0.39 is 0 Å². The number of hydrogen-bond acceptors (Lipinski definition) is 3. The lowest BCUT2D eigenvalue weighted by atomic mass is 9.98. The molecule has 2 nitrogen and oxygen atoms in total. The van der Waals surface area contributed by atoms with E-state index in [2.05, 4.69) is 89.9 Å². The Hall–Kier alpha value is -4.00. The summed E-state index contributed by atoms with van der Waals surface area (Å²) >= 11 is 1.85. The first-order chi connectivity index (χ1) is 15.3. The highest BCUT2D eigenvalue weighted by Crippen LogP contribution is 2.40. The lowest BCUT2D eigenvalue weighted by molar-refractivity contribution is 1.26. The molecule has 0 saturated heterocycles. The standard InChI is InChI=1S/C28H16N2S/c29-17-23-15-22(13-14-30-23)19-7-5-18(6-8-19)21-10-11-26-25(16-21)28-24-4-2-1-3-20(24)9-12-27(28)31-26/h1-16H. The van der Waals surface area contributed by atoms with Gasteiger partial charge in [-0.2, -0.15) is 5.26 Å². The molecule has 0 saturated carbocycles. The van der Waals surface area contributed by atoms with E-state index in [0.717, 1.165) is 11.1 Å². The monoisotopic (exact) mass is 412 g/mol. The highest BCUT2D eigenvalue weighted by Gasteiger charge is 2.10. The summed E-state index contributed by atoms with van der Waals surface area (Å²) in [6.45, 7) is 0. The van der Waals surface area contributed by atoms with Gasteiger partial charge in [-0.15, -0.1) is 11.3 Å². The van der Waals surface area contributed by atoms with Crippen molar-refractivity contribution in [3.8, 4) is 28.3 Å². The maximum absolute atomic E-state index is 9.10. The third-order valence-electron chi connectivity index (χ3n) is 5.79. The molecule has 0 bridgehead atoms. The van der Waals surface area contributed by atoms with Gasteiger partial charge in [0.25, 0.3) is 0 Å². The number of hydrogen-bond donors (Lipinski definition) is 0. The van der Waals surface area contributed by atoms with Gasteiger partial charge in [0.15, 0.2) is 0 Å². The van der Waals surface area contributed by atoms with Gasteiger partial charge < -0.3 is 0 Å². The second-order valence-corrected chi connectivity index (χ2v) is 8.68. The summed E-state index contributed by atoms with van der Waals surface area (Å²) < 4.78 is 2.64. The molecule has 0 spiro atoms. The van der Waals surface area contributed by atoms with Gasteiger partial charge in [-0.1, -0.05) is 60.7 Å². The fourth-order valence-electron chi connectivity index (χ4n) is 4.25. The van der Waals surface area contributed by atoms with Gasteiger partial charge in [-0.05, 0) is 63.4 Å². The first-order valence-corrected chi connectivity index (χ1v) is 10.9. The van der Waals surface area contributed by atoms with Crippen molar-refractivity contribution in [3.63, 3.8) is 0 Å². The van der Waals surface area contributed by atoms with Crippen molar-refractivity contribution in [1.29, 1.82) is 5.26 Å². The average Bonchev–Trinajstić information content (AvgIpc) is 3.22. The van der Waals surface area contributed by atoms with Crippen LogP contribution in [0.5, 0.6) is 0 Å². The number of rotatable bonds is 2. The molecule has 0 N–H and O–H groups in total. The Bertz CT molecular complexity index is 1640. The Labute approximate surface area is 183 Å². The minimum absolute atomic E-state index is 0.434. The number of fused-ring (bicyclic) bond motifs is 5. The van der Waals surface area contributed by atoms with Crippen LogP contribution in [0.2, 0.25) is 0 Å². The van der Waals surface area contributed by atoms with E-state index in [9.17, 15) is 0 Å². The van der Waals surface area contributed by atoms with Crippen LogP contribution in [0, 0.1) is 11.3 Å². The summed E-state index contributed by atoms with van der Waals surface area (Å²) in [7, 11) is 0. The van der Waals surface area contributed by atoms with Crippen LogP contribution in [-0.4, -0.2) is 4.98 Å². The van der Waals surface area contributed by atoms with Crippen LogP contribution in [0.4, 0.5) is 0 Å². The Morgan fingerprint density at radius 2 is 1.35 bits per heavy atom. The van der Waals surface area contributed by atoms with Crippen molar-refractivity contribution in [3.05, 3.63) is 103 Å². The van der Waals surface area contributed by atoms with E-state index >= 15 is 0 Å². The number of aromatic nitrogens is 1. The third-order valence-corrected chi connectivity index (χ3v) is 6.92. The second kappa shape index (κ2) is 7.05. The molecule has 144 valence electrons. The Morgan fingerprint density at radius 1 is 0.645 bits per heavy atom. The zero-order chi connectivity index (χ0) is 20.8. The highest BCUT2D eigenvalue weighted by molar-refractivity contribution is 7.26. The summed E-state index contributed by atoms with van der Waals surface area (Å²) in [6, 6.07) is 34.2. The van der Waals surface area contributed by atoms with E-state index in [1.54, 1.807) is 6.20 Å². The van der Waals surface area contributed by atoms with Crippen LogP contribution >= 0.6 is 11.3 Å². The van der Waals surface area contributed by atoms with Gasteiger partial charge in [-0.25, -0.2) is 4.98 Å². The number of pyridine rings is 1. The van der Waals surface area contributed by atoms with E-state index in [-0.39, 0.29) is 0 Å². The summed E-state index contributed by atoms with van der Waals surface area (Å²) in [6.07, 6.45) is 1.68. The minimum atomic E-state index is 0.434. The first kappa shape index (κ1) is 17.8. The lowest BCUT2D eigenvalue weighted by Gasteiger charge is -2.06. The van der Waals surface area contributed by atoms with Crippen LogP contribution in [0.25, 0.3) is 53.2 Å². The largest absolute Gasteiger partial charge is 0.246 e. The fourth-order valence-corrected chi connectivity index (χ4v) is 5.36. The van der Waals surface area contributed by atoms with Gasteiger partial charge in [0.2, 0.25) is 0 Å². The molecular weight excluding hydrogens is 396 g/mol. The molecule has 4 aromatic carbocycles. The van der Waals surface area contributed by atoms with Crippen molar-refractivity contribution >= 4 is 42.3 Å². The molecule has 0 fully saturated rings. The number of benzene rings is 4. The topological polar surface area (TPSA) is 36.7 Å². The molecule has 0 unspecified atom stereocenters. The molecule has 2 aromatic heterocycles. The lowest BCUT2D eigenvalue weighted by Crippen LogP contribution is -1.84. The Morgan fingerprint density at radius 3 is 2.16 bits per heavy atom. The molecule has 0 amide bonds. The minimum Gasteiger partial charge on any atom is -0.246 e. The van der Waals surface area contributed by atoms with E-state index in [1.165, 1.54) is 42.1 Å². The molecular formula is C28H16N2S. The average molecular weight is 413 g/mol. The second-order valence-electron chi connectivity index (χ2n) is 7.59. The van der Waals surface area contributed by atoms with E-state index in [4.69, 9.17) is 5.26 Å². The van der Waals surface area contributed by atoms with E-state index in [0.29, 0.717) is 5.69 Å². The molecule has 0 aliphatic rings. The van der Waals surface area contributed by atoms with Crippen molar-refractivity contribution in [1.82, 2.24) is 4.98 Å².